The number of likely N-dealkylation sites (tertiary alicyclic amines) is 1. The van der Waals surface area contributed by atoms with E-state index < -0.39 is 0 Å². The molecule has 2 heterocycles. The van der Waals surface area contributed by atoms with Crippen LogP contribution in [0.15, 0.2) is 41.3 Å². The molecule has 2 aliphatic heterocycles. The first kappa shape index (κ1) is 17.3. The lowest BCUT2D eigenvalue weighted by molar-refractivity contribution is -0.895. The van der Waals surface area contributed by atoms with Gasteiger partial charge in [-0.3, -0.25) is 0 Å². The minimum absolute atomic E-state index is 0.276. The lowest BCUT2D eigenvalue weighted by Crippen LogP contribution is -2.46. The summed E-state index contributed by atoms with van der Waals surface area (Å²) >= 11 is 0. The van der Waals surface area contributed by atoms with Crippen molar-refractivity contribution in [1.29, 1.82) is 0 Å². The van der Waals surface area contributed by atoms with Crippen LogP contribution in [0.4, 0.5) is 4.79 Å². The Labute approximate surface area is 148 Å². The van der Waals surface area contributed by atoms with Crippen molar-refractivity contribution < 1.29 is 14.5 Å². The van der Waals surface area contributed by atoms with Gasteiger partial charge in [-0.25, -0.2) is 4.79 Å². The third-order valence-electron chi connectivity index (χ3n) is 4.90. The number of piperidine rings is 1. The smallest absolute Gasteiger partial charge is 0.314 e. The van der Waals surface area contributed by atoms with Gasteiger partial charge in [0.2, 0.25) is 0 Å². The van der Waals surface area contributed by atoms with Gasteiger partial charge in [0.15, 0.2) is 0 Å². The molecule has 1 saturated heterocycles. The molecule has 0 spiro atoms. The molecule has 7 nitrogen and oxygen atoms in total. The van der Waals surface area contributed by atoms with Gasteiger partial charge in [0, 0.05) is 24.7 Å². The molecule has 1 aromatic rings. The average Bonchev–Trinajstić information content (AvgIpc) is 2.98. The number of carbonyl (C=O) groups is 1. The third kappa shape index (κ3) is 4.11. The van der Waals surface area contributed by atoms with Crippen LogP contribution in [0.25, 0.3) is 0 Å². The molecular formula is C18H26N5O2+. The number of amides is 2. The number of hydrogen-bond donors (Lipinski definition) is 3. The standard InChI is InChI=1S/C18H25N5O2/c1-2-23(12-14-4-3-5-17(24)10-14)13-16(11-20-23)21-15-6-8-22(9-7-15)18(19)25/h3-5,10-11,13,15,21H,2,6-9,12H2,1H3,(H2-,19,24,25)/p+1. The summed E-state index contributed by atoms with van der Waals surface area (Å²) in [4.78, 5) is 12.9. The Morgan fingerprint density at radius 2 is 2.20 bits per heavy atom. The molecule has 0 aromatic heterocycles. The molecule has 25 heavy (non-hydrogen) atoms. The number of urea groups is 1. The van der Waals surface area contributed by atoms with Gasteiger partial charge in [-0.1, -0.05) is 17.2 Å². The number of quaternary nitrogens is 1. The van der Waals surface area contributed by atoms with Crippen LogP contribution in [0.3, 0.4) is 0 Å². The number of nitrogens with one attached hydrogen (secondary N) is 1. The summed E-state index contributed by atoms with van der Waals surface area (Å²) in [5.41, 5.74) is 7.39. The first-order chi connectivity index (χ1) is 12.0. The normalized spacial score (nSPS) is 23.6. The zero-order valence-electron chi connectivity index (χ0n) is 14.6. The third-order valence-corrected chi connectivity index (χ3v) is 4.90. The van der Waals surface area contributed by atoms with Crippen LogP contribution in [0.1, 0.15) is 25.3 Å². The number of nitrogens with two attached hydrogens (primary N) is 1. The Morgan fingerprint density at radius 3 is 2.84 bits per heavy atom. The highest BCUT2D eigenvalue weighted by Crippen LogP contribution is 2.24. The lowest BCUT2D eigenvalue weighted by Gasteiger charge is -2.31. The number of primary amides is 1. The number of hydrogen-bond acceptors (Lipinski definition) is 4. The van der Waals surface area contributed by atoms with Crippen LogP contribution in [-0.4, -0.2) is 52.5 Å². The minimum Gasteiger partial charge on any atom is -0.508 e. The van der Waals surface area contributed by atoms with Crippen LogP contribution < -0.4 is 11.1 Å². The largest absolute Gasteiger partial charge is 0.508 e. The summed E-state index contributed by atoms with van der Waals surface area (Å²) in [6.45, 7) is 5.01. The fraction of sp³-hybridized carbons (Fsp3) is 0.444. The van der Waals surface area contributed by atoms with E-state index in [0.29, 0.717) is 30.3 Å². The van der Waals surface area contributed by atoms with E-state index in [1.807, 2.05) is 18.3 Å². The lowest BCUT2D eigenvalue weighted by atomic mass is 10.1. The van der Waals surface area contributed by atoms with Crippen molar-refractivity contribution in [3.8, 4) is 5.75 Å². The molecule has 0 radical (unpaired) electrons. The van der Waals surface area contributed by atoms with E-state index in [-0.39, 0.29) is 11.8 Å². The van der Waals surface area contributed by atoms with Gasteiger partial charge in [0.1, 0.15) is 37.0 Å². The maximum Gasteiger partial charge on any atom is 0.314 e. The van der Waals surface area contributed by atoms with E-state index in [2.05, 4.69) is 18.4 Å². The van der Waals surface area contributed by atoms with Gasteiger partial charge in [-0.2, -0.15) is 4.59 Å². The first-order valence-corrected chi connectivity index (χ1v) is 8.74. The van der Waals surface area contributed by atoms with Gasteiger partial charge < -0.3 is 21.1 Å². The van der Waals surface area contributed by atoms with Crippen molar-refractivity contribution in [3.05, 3.63) is 41.7 Å². The average molecular weight is 344 g/mol. The Hall–Kier alpha value is -2.54. The van der Waals surface area contributed by atoms with E-state index in [1.54, 1.807) is 17.0 Å². The van der Waals surface area contributed by atoms with E-state index >= 15 is 0 Å². The van der Waals surface area contributed by atoms with E-state index in [1.165, 1.54) is 0 Å². The molecule has 2 aliphatic rings. The zero-order valence-corrected chi connectivity index (χ0v) is 14.6. The second-order valence-corrected chi connectivity index (χ2v) is 6.70. The molecule has 1 aromatic carbocycles. The molecule has 7 heteroatoms. The molecule has 1 atom stereocenters. The maximum absolute atomic E-state index is 11.2. The highest BCUT2D eigenvalue weighted by atomic mass is 16.3. The Bertz CT molecular complexity index is 694. The summed E-state index contributed by atoms with van der Waals surface area (Å²) in [6, 6.07) is 7.30. The van der Waals surface area contributed by atoms with Crippen molar-refractivity contribution in [3.63, 3.8) is 0 Å². The van der Waals surface area contributed by atoms with Crippen LogP contribution in [0.5, 0.6) is 5.75 Å². The van der Waals surface area contributed by atoms with Crippen molar-refractivity contribution in [1.82, 2.24) is 10.2 Å². The highest BCUT2D eigenvalue weighted by Gasteiger charge is 2.30. The highest BCUT2D eigenvalue weighted by molar-refractivity contribution is 5.78. The van der Waals surface area contributed by atoms with Crippen LogP contribution >= 0.6 is 0 Å². The predicted molar refractivity (Wildman–Crippen MR) is 96.5 cm³/mol. The molecule has 1 fully saturated rings. The fourth-order valence-electron chi connectivity index (χ4n) is 3.40. The van der Waals surface area contributed by atoms with E-state index in [0.717, 1.165) is 30.6 Å². The first-order valence-electron chi connectivity index (χ1n) is 8.74. The number of carbonyl (C=O) groups excluding carboxylic acids is 1. The predicted octanol–water partition coefficient (Wildman–Crippen LogP) is 1.70. The van der Waals surface area contributed by atoms with Gasteiger partial charge >= 0.3 is 6.03 Å². The molecule has 0 bridgehead atoms. The van der Waals surface area contributed by atoms with Crippen molar-refractivity contribution in [2.24, 2.45) is 10.8 Å². The minimum atomic E-state index is -0.340. The Balaban J connectivity index is 1.62. The van der Waals surface area contributed by atoms with Crippen LogP contribution in [0, 0.1) is 0 Å². The number of phenols is 1. The van der Waals surface area contributed by atoms with Crippen LogP contribution in [-0.2, 0) is 6.54 Å². The SMILES string of the molecule is CC[N+]1(Cc2cccc(O)c2)C=C(NC2CCN(C(N)=O)CC2)C=N1. The Kier molecular flexibility index (Phi) is 4.94. The topological polar surface area (TPSA) is 91.0 Å². The molecule has 0 aliphatic carbocycles. The van der Waals surface area contributed by atoms with Crippen molar-refractivity contribution >= 4 is 12.2 Å². The summed E-state index contributed by atoms with van der Waals surface area (Å²) in [6.07, 6.45) is 5.77. The number of nitrogens with zero attached hydrogens (tertiary/aromatic N) is 3. The Morgan fingerprint density at radius 1 is 1.44 bits per heavy atom. The number of phenolic OH excluding ortho intramolecular Hbond substituents is 1. The second kappa shape index (κ2) is 7.14. The molecule has 2 amide bonds. The number of aromatic hydroxyl groups is 1. The molecule has 1 unspecified atom stereocenters. The summed E-state index contributed by atoms with van der Waals surface area (Å²) in [7, 11) is 0. The summed E-state index contributed by atoms with van der Waals surface area (Å²) in [5, 5.41) is 17.9. The van der Waals surface area contributed by atoms with E-state index in [4.69, 9.17) is 10.8 Å². The van der Waals surface area contributed by atoms with Crippen molar-refractivity contribution in [2.45, 2.75) is 32.4 Å². The van der Waals surface area contributed by atoms with Gasteiger partial charge in [0.25, 0.3) is 0 Å². The maximum atomic E-state index is 11.2. The molecule has 134 valence electrons. The number of benzene rings is 1. The zero-order chi connectivity index (χ0) is 17.9. The quantitative estimate of drug-likeness (QED) is 0.710. The van der Waals surface area contributed by atoms with Gasteiger partial charge in [0.05, 0.1) is 0 Å². The number of allylic oxidation sites excluding steroid dienone is 1. The molecular weight excluding hydrogens is 318 g/mol. The number of rotatable bonds is 5. The summed E-state index contributed by atoms with van der Waals surface area (Å²) in [5.74, 6) is 0.276. The monoisotopic (exact) mass is 344 g/mol. The molecule has 4 N–H and O–H groups in total. The van der Waals surface area contributed by atoms with E-state index in [9.17, 15) is 9.90 Å². The second-order valence-electron chi connectivity index (χ2n) is 6.70. The summed E-state index contributed by atoms with van der Waals surface area (Å²) < 4.78 is 0.478. The fourth-order valence-corrected chi connectivity index (χ4v) is 3.40. The van der Waals surface area contributed by atoms with Gasteiger partial charge in [-0.05, 0) is 31.9 Å². The van der Waals surface area contributed by atoms with Crippen LogP contribution in [0.2, 0.25) is 0 Å². The molecule has 3 rings (SSSR count). The van der Waals surface area contributed by atoms with Crippen molar-refractivity contribution in [2.75, 3.05) is 19.6 Å². The van der Waals surface area contributed by atoms with Gasteiger partial charge in [-0.15, -0.1) is 0 Å². The molecule has 0 saturated carbocycles.